The van der Waals surface area contributed by atoms with Crippen LogP contribution in [0.15, 0.2) is 24.3 Å². The number of hydrogen-bond acceptors (Lipinski definition) is 3. The van der Waals surface area contributed by atoms with Gasteiger partial charge in [0.15, 0.2) is 0 Å². The van der Waals surface area contributed by atoms with Crippen LogP contribution in [0.4, 0.5) is 0 Å². The molecule has 0 bridgehead atoms. The molecule has 0 radical (unpaired) electrons. The van der Waals surface area contributed by atoms with Crippen LogP contribution in [0, 0.1) is 0 Å². The van der Waals surface area contributed by atoms with E-state index >= 15 is 0 Å². The van der Waals surface area contributed by atoms with Gasteiger partial charge in [-0.05, 0) is 32.4 Å². The van der Waals surface area contributed by atoms with Crippen molar-refractivity contribution in [3.05, 3.63) is 34.9 Å². The molecule has 1 fully saturated rings. The first-order valence-corrected chi connectivity index (χ1v) is 7.69. The number of hydrogen-bond donors (Lipinski definition) is 1. The van der Waals surface area contributed by atoms with Crippen LogP contribution < -0.4 is 5.32 Å². The number of morpholine rings is 1. The highest BCUT2D eigenvalue weighted by Crippen LogP contribution is 2.23. The number of rotatable bonds is 5. The molecular weight excluding hydrogens is 272 g/mol. The summed E-state index contributed by atoms with van der Waals surface area (Å²) in [7, 11) is 0. The number of ether oxygens (including phenoxy) is 1. The quantitative estimate of drug-likeness (QED) is 0.903. The summed E-state index contributed by atoms with van der Waals surface area (Å²) in [5.41, 5.74) is 1.28. The Morgan fingerprint density at radius 3 is 2.60 bits per heavy atom. The third kappa shape index (κ3) is 3.95. The average molecular weight is 297 g/mol. The minimum atomic E-state index is 0.124. The Morgan fingerprint density at radius 2 is 1.95 bits per heavy atom. The molecule has 1 heterocycles. The van der Waals surface area contributed by atoms with Gasteiger partial charge in [0.25, 0.3) is 0 Å². The van der Waals surface area contributed by atoms with E-state index in [2.05, 4.69) is 37.1 Å². The molecule has 20 heavy (non-hydrogen) atoms. The number of halogens is 1. The second-order valence-corrected chi connectivity index (χ2v) is 6.44. The summed E-state index contributed by atoms with van der Waals surface area (Å²) >= 11 is 6.25. The van der Waals surface area contributed by atoms with E-state index in [0.29, 0.717) is 0 Å². The summed E-state index contributed by atoms with van der Waals surface area (Å²) in [5.74, 6) is 0. The van der Waals surface area contributed by atoms with Crippen molar-refractivity contribution in [2.24, 2.45) is 0 Å². The van der Waals surface area contributed by atoms with Gasteiger partial charge in [-0.2, -0.15) is 0 Å². The second kappa shape index (κ2) is 6.90. The number of nitrogens with one attached hydrogen (secondary N) is 1. The van der Waals surface area contributed by atoms with Gasteiger partial charge in [0.2, 0.25) is 0 Å². The zero-order valence-electron chi connectivity index (χ0n) is 12.7. The molecule has 1 N–H and O–H groups in total. The van der Waals surface area contributed by atoms with E-state index in [4.69, 9.17) is 16.3 Å². The summed E-state index contributed by atoms with van der Waals surface area (Å²) in [5, 5.41) is 4.44. The Hall–Kier alpha value is -0.610. The van der Waals surface area contributed by atoms with Gasteiger partial charge in [0.1, 0.15) is 0 Å². The highest BCUT2D eigenvalue weighted by Gasteiger charge is 2.28. The highest BCUT2D eigenvalue weighted by atomic mass is 35.5. The maximum absolute atomic E-state index is 6.25. The molecule has 0 amide bonds. The Kier molecular flexibility index (Phi) is 5.44. The molecule has 1 unspecified atom stereocenters. The van der Waals surface area contributed by atoms with Crippen molar-refractivity contribution in [2.45, 2.75) is 32.4 Å². The lowest BCUT2D eigenvalue weighted by Crippen LogP contribution is -2.54. The van der Waals surface area contributed by atoms with Crippen molar-refractivity contribution in [3.63, 3.8) is 0 Å². The predicted octanol–water partition coefficient (Wildman–Crippen LogP) is 3.10. The lowest BCUT2D eigenvalue weighted by atomic mass is 10.0. The fourth-order valence-corrected chi connectivity index (χ4v) is 2.92. The van der Waals surface area contributed by atoms with Crippen LogP contribution >= 0.6 is 11.6 Å². The third-order valence-electron chi connectivity index (χ3n) is 4.08. The van der Waals surface area contributed by atoms with E-state index in [0.717, 1.165) is 43.4 Å². The molecule has 1 aromatic carbocycles. The Morgan fingerprint density at radius 1 is 1.30 bits per heavy atom. The van der Waals surface area contributed by atoms with Crippen molar-refractivity contribution in [1.82, 2.24) is 10.2 Å². The van der Waals surface area contributed by atoms with Gasteiger partial charge in [0, 0.05) is 36.2 Å². The zero-order chi connectivity index (χ0) is 14.6. The summed E-state index contributed by atoms with van der Waals surface area (Å²) in [6.07, 6.45) is 0. The molecule has 0 spiro atoms. The SMILES string of the molecule is CC(NCC(C)(C)N1CCOCC1)c1ccccc1Cl. The number of benzene rings is 1. The summed E-state index contributed by atoms with van der Waals surface area (Å²) in [6, 6.07) is 8.29. The summed E-state index contributed by atoms with van der Waals surface area (Å²) in [6.45, 7) is 11.3. The van der Waals surface area contributed by atoms with Crippen LogP contribution in [0.1, 0.15) is 32.4 Å². The predicted molar refractivity (Wildman–Crippen MR) is 84.3 cm³/mol. The van der Waals surface area contributed by atoms with Crippen LogP contribution in [-0.2, 0) is 4.74 Å². The van der Waals surface area contributed by atoms with Crippen LogP contribution in [0.2, 0.25) is 5.02 Å². The third-order valence-corrected chi connectivity index (χ3v) is 4.42. The van der Waals surface area contributed by atoms with E-state index < -0.39 is 0 Å². The molecule has 0 aliphatic carbocycles. The minimum absolute atomic E-state index is 0.124. The molecule has 112 valence electrons. The molecule has 0 saturated carbocycles. The lowest BCUT2D eigenvalue weighted by Gasteiger charge is -2.41. The molecule has 2 rings (SSSR count). The van der Waals surface area contributed by atoms with Crippen molar-refractivity contribution in [1.29, 1.82) is 0 Å². The molecule has 1 aromatic rings. The van der Waals surface area contributed by atoms with E-state index in [9.17, 15) is 0 Å². The molecule has 0 aromatic heterocycles. The van der Waals surface area contributed by atoms with Crippen molar-refractivity contribution < 1.29 is 4.74 Å². The largest absolute Gasteiger partial charge is 0.379 e. The second-order valence-electron chi connectivity index (χ2n) is 6.04. The van der Waals surface area contributed by atoms with Crippen LogP contribution in [0.5, 0.6) is 0 Å². The molecule has 3 nitrogen and oxygen atoms in total. The minimum Gasteiger partial charge on any atom is -0.379 e. The van der Waals surface area contributed by atoms with Gasteiger partial charge >= 0.3 is 0 Å². The topological polar surface area (TPSA) is 24.5 Å². The lowest BCUT2D eigenvalue weighted by molar-refractivity contribution is -0.0102. The molecule has 1 saturated heterocycles. The van der Waals surface area contributed by atoms with Crippen molar-refractivity contribution >= 4 is 11.6 Å². The van der Waals surface area contributed by atoms with E-state index in [1.54, 1.807) is 0 Å². The smallest absolute Gasteiger partial charge is 0.0594 e. The molecule has 4 heteroatoms. The van der Waals surface area contributed by atoms with Gasteiger partial charge in [-0.15, -0.1) is 0 Å². The fourth-order valence-electron chi connectivity index (χ4n) is 2.62. The first kappa shape index (κ1) is 15.8. The molecular formula is C16H25ClN2O. The average Bonchev–Trinajstić information content (AvgIpc) is 2.46. The number of nitrogens with zero attached hydrogens (tertiary/aromatic N) is 1. The van der Waals surface area contributed by atoms with Crippen molar-refractivity contribution in [3.8, 4) is 0 Å². The summed E-state index contributed by atoms with van der Waals surface area (Å²) < 4.78 is 5.43. The fraction of sp³-hybridized carbons (Fsp3) is 0.625. The van der Waals surface area contributed by atoms with E-state index in [1.807, 2.05) is 18.2 Å². The van der Waals surface area contributed by atoms with Gasteiger partial charge in [-0.3, -0.25) is 4.90 Å². The normalized spacial score (nSPS) is 19.0. The Bertz CT molecular complexity index is 430. The maximum Gasteiger partial charge on any atom is 0.0594 e. The van der Waals surface area contributed by atoms with Crippen molar-refractivity contribution in [2.75, 3.05) is 32.8 Å². The summed E-state index contributed by atoms with van der Waals surface area (Å²) in [4.78, 5) is 2.49. The Labute approximate surface area is 127 Å². The van der Waals surface area contributed by atoms with Gasteiger partial charge in [-0.25, -0.2) is 0 Å². The monoisotopic (exact) mass is 296 g/mol. The van der Waals surface area contributed by atoms with E-state index in [1.165, 1.54) is 0 Å². The maximum atomic E-state index is 6.25. The van der Waals surface area contributed by atoms with Gasteiger partial charge in [0.05, 0.1) is 13.2 Å². The molecule has 1 aliphatic heterocycles. The van der Waals surface area contributed by atoms with E-state index in [-0.39, 0.29) is 11.6 Å². The van der Waals surface area contributed by atoms with Crippen LogP contribution in [-0.4, -0.2) is 43.3 Å². The zero-order valence-corrected chi connectivity index (χ0v) is 13.4. The molecule has 1 atom stereocenters. The molecule has 1 aliphatic rings. The van der Waals surface area contributed by atoms with Crippen LogP contribution in [0.25, 0.3) is 0 Å². The van der Waals surface area contributed by atoms with Crippen LogP contribution in [0.3, 0.4) is 0 Å². The van der Waals surface area contributed by atoms with Gasteiger partial charge in [-0.1, -0.05) is 29.8 Å². The standard InChI is InChI=1S/C16H25ClN2O/c1-13(14-6-4-5-7-15(14)17)18-12-16(2,3)19-8-10-20-11-9-19/h4-7,13,18H,8-12H2,1-3H3. The first-order valence-electron chi connectivity index (χ1n) is 7.31. The highest BCUT2D eigenvalue weighted by molar-refractivity contribution is 6.31. The first-order chi connectivity index (χ1) is 9.50. The van der Waals surface area contributed by atoms with Gasteiger partial charge < -0.3 is 10.1 Å². The Balaban J connectivity index is 1.92.